The van der Waals surface area contributed by atoms with E-state index in [4.69, 9.17) is 0 Å². The molecule has 0 spiro atoms. The smallest absolute Gasteiger partial charge is 0.259 e. The van der Waals surface area contributed by atoms with Crippen molar-refractivity contribution in [3.05, 3.63) is 62.8 Å². The number of fused-ring (bicyclic) bond motifs is 1. The molecule has 130 valence electrons. The zero-order valence-corrected chi connectivity index (χ0v) is 15.1. The highest BCUT2D eigenvalue weighted by Crippen LogP contribution is 2.21. The number of aryl methyl sites for hydroxylation is 1. The summed E-state index contributed by atoms with van der Waals surface area (Å²) in [5, 5.41) is 0. The molecular formula is C18H18FN3O2S. The normalized spacial score (nSPS) is 11.0. The van der Waals surface area contributed by atoms with Gasteiger partial charge in [-0.05, 0) is 38.1 Å². The number of hydrogen-bond donors (Lipinski definition) is 0. The van der Waals surface area contributed by atoms with Gasteiger partial charge in [0.05, 0.1) is 12.2 Å². The molecule has 0 fully saturated rings. The SMILES string of the molecule is CCN(Cc1cc(=O)n2c(C(C)=O)c(C)sc2n1)c1ccc(F)cc1. The van der Waals surface area contributed by atoms with E-state index in [0.717, 1.165) is 10.6 Å². The second kappa shape index (κ2) is 6.76. The highest BCUT2D eigenvalue weighted by molar-refractivity contribution is 7.17. The third-order valence-electron chi connectivity index (χ3n) is 4.00. The number of benzene rings is 1. The van der Waals surface area contributed by atoms with Gasteiger partial charge >= 0.3 is 0 Å². The topological polar surface area (TPSA) is 54.7 Å². The Kier molecular flexibility index (Phi) is 4.67. The first-order valence-corrected chi connectivity index (χ1v) is 8.76. The van der Waals surface area contributed by atoms with Gasteiger partial charge in [-0.2, -0.15) is 0 Å². The zero-order chi connectivity index (χ0) is 18.1. The lowest BCUT2D eigenvalue weighted by atomic mass is 10.2. The molecule has 0 bridgehead atoms. The molecule has 0 aliphatic carbocycles. The molecule has 5 nitrogen and oxygen atoms in total. The predicted octanol–water partition coefficient (Wildman–Crippen LogP) is 3.43. The van der Waals surface area contributed by atoms with Crippen LogP contribution >= 0.6 is 11.3 Å². The summed E-state index contributed by atoms with van der Waals surface area (Å²) in [6.45, 7) is 6.36. The third kappa shape index (κ3) is 3.32. The summed E-state index contributed by atoms with van der Waals surface area (Å²) >= 11 is 1.33. The number of rotatable bonds is 5. The van der Waals surface area contributed by atoms with Crippen LogP contribution in [0.25, 0.3) is 4.96 Å². The van der Waals surface area contributed by atoms with Gasteiger partial charge in [0, 0.05) is 30.1 Å². The standard InChI is InChI=1S/C18H18FN3O2S/c1-4-21(15-7-5-13(19)6-8-15)10-14-9-16(24)22-17(11(2)23)12(3)25-18(22)20-14/h5-9H,4,10H2,1-3H3. The van der Waals surface area contributed by atoms with Gasteiger partial charge < -0.3 is 4.90 Å². The fourth-order valence-corrected chi connectivity index (χ4v) is 3.88. The van der Waals surface area contributed by atoms with Crippen molar-refractivity contribution < 1.29 is 9.18 Å². The van der Waals surface area contributed by atoms with Gasteiger partial charge in [-0.15, -0.1) is 11.3 Å². The van der Waals surface area contributed by atoms with Crippen LogP contribution < -0.4 is 10.5 Å². The quantitative estimate of drug-likeness (QED) is 0.655. The van der Waals surface area contributed by atoms with Crippen molar-refractivity contribution in [2.75, 3.05) is 11.4 Å². The lowest BCUT2D eigenvalue weighted by molar-refractivity contribution is 0.101. The number of Topliss-reactive ketones (excluding diaryl/α,β-unsaturated/α-hetero) is 1. The number of halogens is 1. The molecule has 0 radical (unpaired) electrons. The molecule has 25 heavy (non-hydrogen) atoms. The molecule has 3 rings (SSSR count). The number of thiazole rings is 1. The minimum absolute atomic E-state index is 0.151. The maximum atomic E-state index is 13.1. The van der Waals surface area contributed by atoms with Crippen molar-refractivity contribution in [3.63, 3.8) is 0 Å². The molecule has 0 saturated carbocycles. The number of ketones is 1. The molecule has 3 aromatic rings. The van der Waals surface area contributed by atoms with Crippen molar-refractivity contribution in [3.8, 4) is 0 Å². The van der Waals surface area contributed by atoms with E-state index in [1.807, 2.05) is 18.7 Å². The molecule has 0 aliphatic heterocycles. The van der Waals surface area contributed by atoms with Crippen LogP contribution in [-0.4, -0.2) is 21.7 Å². The summed E-state index contributed by atoms with van der Waals surface area (Å²) in [6, 6.07) is 7.68. The van der Waals surface area contributed by atoms with Gasteiger partial charge in [-0.1, -0.05) is 0 Å². The van der Waals surface area contributed by atoms with Crippen LogP contribution in [0.15, 0.2) is 35.1 Å². The molecule has 0 amide bonds. The molecule has 0 N–H and O–H groups in total. The molecule has 0 saturated heterocycles. The van der Waals surface area contributed by atoms with Crippen molar-refractivity contribution in [1.82, 2.24) is 9.38 Å². The van der Waals surface area contributed by atoms with Crippen LogP contribution in [0.5, 0.6) is 0 Å². The zero-order valence-electron chi connectivity index (χ0n) is 14.2. The molecule has 0 atom stereocenters. The maximum absolute atomic E-state index is 13.1. The second-order valence-corrected chi connectivity index (χ2v) is 6.94. The summed E-state index contributed by atoms with van der Waals surface area (Å²) in [5.41, 5.74) is 1.62. The number of carbonyl (C=O) groups is 1. The van der Waals surface area contributed by atoms with E-state index in [1.165, 1.54) is 40.9 Å². The number of hydrogen-bond acceptors (Lipinski definition) is 5. The lowest BCUT2D eigenvalue weighted by Crippen LogP contribution is -2.25. The summed E-state index contributed by atoms with van der Waals surface area (Å²) in [7, 11) is 0. The Morgan fingerprint density at radius 3 is 2.60 bits per heavy atom. The highest BCUT2D eigenvalue weighted by Gasteiger charge is 2.17. The number of carbonyl (C=O) groups excluding carboxylic acids is 1. The van der Waals surface area contributed by atoms with Crippen LogP contribution in [0.4, 0.5) is 10.1 Å². The first-order valence-electron chi connectivity index (χ1n) is 7.94. The number of aromatic nitrogens is 2. The molecule has 0 unspecified atom stereocenters. The van der Waals surface area contributed by atoms with Gasteiger partial charge in [0.2, 0.25) is 0 Å². The van der Waals surface area contributed by atoms with Crippen LogP contribution in [-0.2, 0) is 6.54 Å². The predicted molar refractivity (Wildman–Crippen MR) is 97.2 cm³/mol. The van der Waals surface area contributed by atoms with Crippen LogP contribution in [0.1, 0.15) is 34.9 Å². The number of anilines is 1. The van der Waals surface area contributed by atoms with E-state index in [-0.39, 0.29) is 17.2 Å². The number of nitrogens with zero attached hydrogens (tertiary/aromatic N) is 3. The molecule has 2 heterocycles. The van der Waals surface area contributed by atoms with Crippen LogP contribution in [0.2, 0.25) is 0 Å². The third-order valence-corrected chi connectivity index (χ3v) is 4.96. The van der Waals surface area contributed by atoms with Gasteiger partial charge in [0.1, 0.15) is 11.5 Å². The van der Waals surface area contributed by atoms with Crippen molar-refractivity contribution >= 4 is 27.8 Å². The summed E-state index contributed by atoms with van der Waals surface area (Å²) < 4.78 is 14.5. The average molecular weight is 359 g/mol. The van der Waals surface area contributed by atoms with Gasteiger partial charge in [-0.3, -0.25) is 9.59 Å². The fraction of sp³-hybridized carbons (Fsp3) is 0.278. The van der Waals surface area contributed by atoms with Crippen molar-refractivity contribution in [2.45, 2.75) is 27.3 Å². The summed E-state index contributed by atoms with van der Waals surface area (Å²) in [4.78, 5) is 32.1. The van der Waals surface area contributed by atoms with Gasteiger partial charge in [-0.25, -0.2) is 13.8 Å². The summed E-state index contributed by atoms with van der Waals surface area (Å²) in [6.07, 6.45) is 0. The van der Waals surface area contributed by atoms with E-state index < -0.39 is 0 Å². The van der Waals surface area contributed by atoms with E-state index >= 15 is 0 Å². The first-order chi connectivity index (χ1) is 11.9. The molecule has 0 aliphatic rings. The van der Waals surface area contributed by atoms with Crippen molar-refractivity contribution in [2.24, 2.45) is 0 Å². The van der Waals surface area contributed by atoms with Gasteiger partial charge in [0.15, 0.2) is 10.7 Å². The molecular weight excluding hydrogens is 341 g/mol. The molecule has 7 heteroatoms. The Bertz CT molecular complexity index is 992. The van der Waals surface area contributed by atoms with Crippen LogP contribution in [0, 0.1) is 12.7 Å². The van der Waals surface area contributed by atoms with Crippen molar-refractivity contribution in [1.29, 1.82) is 0 Å². The first kappa shape index (κ1) is 17.3. The Hall–Kier alpha value is -2.54. The van der Waals surface area contributed by atoms with E-state index in [0.29, 0.717) is 29.4 Å². The molecule has 2 aromatic heterocycles. The van der Waals surface area contributed by atoms with E-state index in [2.05, 4.69) is 4.98 Å². The minimum atomic E-state index is -0.289. The minimum Gasteiger partial charge on any atom is -0.366 e. The monoisotopic (exact) mass is 359 g/mol. The highest BCUT2D eigenvalue weighted by atomic mass is 32.1. The van der Waals surface area contributed by atoms with Gasteiger partial charge in [0.25, 0.3) is 5.56 Å². The van der Waals surface area contributed by atoms with Crippen LogP contribution in [0.3, 0.4) is 0 Å². The maximum Gasteiger partial charge on any atom is 0.259 e. The van der Waals surface area contributed by atoms with E-state index in [9.17, 15) is 14.0 Å². The Morgan fingerprint density at radius 1 is 1.32 bits per heavy atom. The largest absolute Gasteiger partial charge is 0.366 e. The average Bonchev–Trinajstić information content (AvgIpc) is 2.90. The Balaban J connectivity index is 2.00. The Morgan fingerprint density at radius 2 is 2.00 bits per heavy atom. The molecule has 1 aromatic carbocycles. The fourth-order valence-electron chi connectivity index (χ4n) is 2.84. The van der Waals surface area contributed by atoms with E-state index in [1.54, 1.807) is 12.1 Å². The summed E-state index contributed by atoms with van der Waals surface area (Å²) in [5.74, 6) is -0.440. The lowest BCUT2D eigenvalue weighted by Gasteiger charge is -2.22. The Labute approximate surface area is 148 Å². The second-order valence-electron chi connectivity index (χ2n) is 5.76.